The van der Waals surface area contributed by atoms with Crippen LogP contribution in [0, 0.1) is 0 Å². The minimum absolute atomic E-state index is 0.102. The number of nitrogens with two attached hydrogens (primary N) is 1. The zero-order chi connectivity index (χ0) is 10.7. The molecule has 0 aliphatic rings. The van der Waals surface area contributed by atoms with Crippen LogP contribution >= 0.6 is 0 Å². The van der Waals surface area contributed by atoms with Crippen molar-refractivity contribution in [1.29, 1.82) is 0 Å². The Balaban J connectivity index is 2.65. The van der Waals surface area contributed by atoms with Crippen molar-refractivity contribution in [3.63, 3.8) is 0 Å². The summed E-state index contributed by atoms with van der Waals surface area (Å²) in [5.41, 5.74) is 5.36. The van der Waals surface area contributed by atoms with E-state index >= 15 is 0 Å². The molecule has 78 valence electrons. The first-order chi connectivity index (χ1) is 6.50. The van der Waals surface area contributed by atoms with Gasteiger partial charge in [-0.3, -0.25) is 9.89 Å². The number of alkyl halides is 2. The number of hydrogen-bond donors (Lipinski definition) is 2. The molecule has 1 aromatic heterocycles. The van der Waals surface area contributed by atoms with Crippen molar-refractivity contribution in [2.45, 2.75) is 6.43 Å². The smallest absolute Gasteiger partial charge is 0.271 e. The van der Waals surface area contributed by atoms with E-state index in [4.69, 9.17) is 5.73 Å². The van der Waals surface area contributed by atoms with Crippen molar-refractivity contribution in [2.75, 3.05) is 19.3 Å². The number of anilines is 1. The number of carbonyl (C=O) groups excluding carboxylic acids is 1. The number of aromatic nitrogens is 2. The fourth-order valence-electron chi connectivity index (χ4n) is 0.942. The van der Waals surface area contributed by atoms with E-state index in [2.05, 4.69) is 10.2 Å². The van der Waals surface area contributed by atoms with Gasteiger partial charge in [0.2, 0.25) is 0 Å². The molecule has 0 radical (unpaired) electrons. The van der Waals surface area contributed by atoms with Gasteiger partial charge >= 0.3 is 0 Å². The number of amides is 1. The number of carbonyl (C=O) groups is 1. The van der Waals surface area contributed by atoms with E-state index in [1.807, 2.05) is 0 Å². The predicted octanol–water partition coefficient (Wildman–Crippen LogP) is 0.329. The van der Waals surface area contributed by atoms with Crippen molar-refractivity contribution < 1.29 is 13.6 Å². The first-order valence-corrected chi connectivity index (χ1v) is 3.85. The van der Waals surface area contributed by atoms with Crippen LogP contribution in [0.5, 0.6) is 0 Å². The monoisotopic (exact) mass is 204 g/mol. The third kappa shape index (κ3) is 2.41. The number of nitrogen functional groups attached to an aromatic ring is 1. The number of H-pyrrole nitrogens is 1. The zero-order valence-electron chi connectivity index (χ0n) is 7.50. The van der Waals surface area contributed by atoms with Crippen LogP contribution in [0.4, 0.5) is 14.6 Å². The van der Waals surface area contributed by atoms with Gasteiger partial charge in [-0.25, -0.2) is 8.78 Å². The summed E-state index contributed by atoms with van der Waals surface area (Å²) in [4.78, 5) is 12.3. The van der Waals surface area contributed by atoms with E-state index in [1.54, 1.807) is 0 Å². The number of rotatable bonds is 3. The van der Waals surface area contributed by atoms with Gasteiger partial charge in [-0.2, -0.15) is 5.10 Å². The lowest BCUT2D eigenvalue weighted by Crippen LogP contribution is -2.31. The lowest BCUT2D eigenvalue weighted by atomic mass is 10.3. The molecule has 0 saturated carbocycles. The Morgan fingerprint density at radius 1 is 1.79 bits per heavy atom. The van der Waals surface area contributed by atoms with E-state index in [1.165, 1.54) is 13.1 Å². The Labute approximate surface area is 78.9 Å². The molecular weight excluding hydrogens is 194 g/mol. The molecule has 1 amide bonds. The summed E-state index contributed by atoms with van der Waals surface area (Å²) in [6, 6.07) is 1.30. The number of hydrogen-bond acceptors (Lipinski definition) is 3. The van der Waals surface area contributed by atoms with Crippen LogP contribution in [0.3, 0.4) is 0 Å². The Bertz CT molecular complexity index is 325. The van der Waals surface area contributed by atoms with E-state index in [9.17, 15) is 13.6 Å². The molecule has 0 atom stereocenters. The molecule has 0 aliphatic heterocycles. The minimum Gasteiger partial charge on any atom is -0.382 e. The third-order valence-corrected chi connectivity index (χ3v) is 1.59. The highest BCUT2D eigenvalue weighted by molar-refractivity contribution is 5.92. The molecule has 1 rings (SSSR count). The maximum Gasteiger partial charge on any atom is 0.271 e. The fraction of sp³-hybridized carbons (Fsp3) is 0.429. The average Bonchev–Trinajstić information content (AvgIpc) is 2.49. The molecule has 3 N–H and O–H groups in total. The number of nitrogens with one attached hydrogen (secondary N) is 1. The second-order valence-electron chi connectivity index (χ2n) is 2.78. The van der Waals surface area contributed by atoms with E-state index < -0.39 is 18.9 Å². The van der Waals surface area contributed by atoms with Crippen molar-refractivity contribution in [3.8, 4) is 0 Å². The lowest BCUT2D eigenvalue weighted by molar-refractivity contribution is 0.0615. The van der Waals surface area contributed by atoms with E-state index in [0.717, 1.165) is 4.90 Å². The second kappa shape index (κ2) is 4.03. The largest absolute Gasteiger partial charge is 0.382 e. The molecule has 1 heterocycles. The van der Waals surface area contributed by atoms with Gasteiger partial charge in [0.1, 0.15) is 11.5 Å². The van der Waals surface area contributed by atoms with Crippen LogP contribution < -0.4 is 5.73 Å². The predicted molar refractivity (Wildman–Crippen MR) is 46.0 cm³/mol. The molecule has 5 nitrogen and oxygen atoms in total. The van der Waals surface area contributed by atoms with Crippen LogP contribution in [0.15, 0.2) is 6.07 Å². The fourth-order valence-corrected chi connectivity index (χ4v) is 0.942. The second-order valence-corrected chi connectivity index (χ2v) is 2.78. The molecule has 0 unspecified atom stereocenters. The number of halogens is 2. The van der Waals surface area contributed by atoms with Crippen LogP contribution in [0.25, 0.3) is 0 Å². The van der Waals surface area contributed by atoms with Crippen LogP contribution in [-0.2, 0) is 0 Å². The Kier molecular flexibility index (Phi) is 3.00. The molecule has 14 heavy (non-hydrogen) atoms. The number of nitrogens with zero attached hydrogens (tertiary/aromatic N) is 2. The van der Waals surface area contributed by atoms with Gasteiger partial charge in [0.25, 0.3) is 12.3 Å². The highest BCUT2D eigenvalue weighted by atomic mass is 19.3. The van der Waals surface area contributed by atoms with Gasteiger partial charge in [0.15, 0.2) is 0 Å². The molecule has 0 spiro atoms. The molecule has 0 saturated heterocycles. The highest BCUT2D eigenvalue weighted by Gasteiger charge is 2.17. The summed E-state index contributed by atoms with van der Waals surface area (Å²) in [5.74, 6) is -0.409. The molecule has 1 aromatic rings. The van der Waals surface area contributed by atoms with Gasteiger partial charge in [0, 0.05) is 13.1 Å². The molecule has 0 aliphatic carbocycles. The quantitative estimate of drug-likeness (QED) is 0.744. The van der Waals surface area contributed by atoms with Crippen LogP contribution in [0.2, 0.25) is 0 Å². The first-order valence-electron chi connectivity index (χ1n) is 3.85. The van der Waals surface area contributed by atoms with E-state index in [0.29, 0.717) is 0 Å². The minimum atomic E-state index is -2.55. The van der Waals surface area contributed by atoms with Gasteiger partial charge < -0.3 is 10.6 Å². The molecular formula is C7H10F2N4O. The van der Waals surface area contributed by atoms with Crippen molar-refractivity contribution in [3.05, 3.63) is 11.8 Å². The van der Waals surface area contributed by atoms with Gasteiger partial charge in [-0.1, -0.05) is 0 Å². The average molecular weight is 204 g/mol. The van der Waals surface area contributed by atoms with Crippen molar-refractivity contribution in [2.24, 2.45) is 0 Å². The summed E-state index contributed by atoms with van der Waals surface area (Å²) in [6.07, 6.45) is -2.55. The third-order valence-electron chi connectivity index (χ3n) is 1.59. The summed E-state index contributed by atoms with van der Waals surface area (Å²) in [7, 11) is 1.28. The Morgan fingerprint density at radius 2 is 2.43 bits per heavy atom. The summed E-state index contributed by atoms with van der Waals surface area (Å²) >= 11 is 0. The summed E-state index contributed by atoms with van der Waals surface area (Å²) < 4.78 is 23.8. The van der Waals surface area contributed by atoms with E-state index in [-0.39, 0.29) is 11.5 Å². The maximum absolute atomic E-state index is 11.9. The van der Waals surface area contributed by atoms with Crippen LogP contribution in [0.1, 0.15) is 10.5 Å². The SMILES string of the molecule is CN(CC(F)F)C(=O)c1cc(N)n[nH]1. The van der Waals surface area contributed by atoms with Crippen molar-refractivity contribution in [1.82, 2.24) is 15.1 Å². The summed E-state index contributed by atoms with van der Waals surface area (Å²) in [5, 5.41) is 5.87. The maximum atomic E-state index is 11.9. The topological polar surface area (TPSA) is 75.0 Å². The standard InChI is InChI=1S/C7H10F2N4O/c1-13(3-5(8)9)7(14)4-2-6(10)12-11-4/h2,5H,3H2,1H3,(H3,10,11,12). The molecule has 0 fully saturated rings. The highest BCUT2D eigenvalue weighted by Crippen LogP contribution is 2.05. The molecule has 0 aromatic carbocycles. The molecule has 0 bridgehead atoms. The van der Waals surface area contributed by atoms with Gasteiger partial charge in [-0.15, -0.1) is 0 Å². The van der Waals surface area contributed by atoms with Crippen molar-refractivity contribution >= 4 is 11.7 Å². The van der Waals surface area contributed by atoms with Gasteiger partial charge in [-0.05, 0) is 0 Å². The summed E-state index contributed by atoms with van der Waals surface area (Å²) in [6.45, 7) is -0.613. The van der Waals surface area contributed by atoms with Crippen LogP contribution in [-0.4, -0.2) is 41.0 Å². The lowest BCUT2D eigenvalue weighted by Gasteiger charge is -2.14. The Morgan fingerprint density at radius 3 is 2.86 bits per heavy atom. The normalized spacial score (nSPS) is 10.6. The first kappa shape index (κ1) is 10.4. The number of aromatic amines is 1. The molecule has 7 heteroatoms. The Hall–Kier alpha value is -1.66. The van der Waals surface area contributed by atoms with Gasteiger partial charge in [0.05, 0.1) is 6.54 Å². The zero-order valence-corrected chi connectivity index (χ0v) is 7.50.